The highest BCUT2D eigenvalue weighted by Gasteiger charge is 2.38. The van der Waals surface area contributed by atoms with Gasteiger partial charge in [0.15, 0.2) is 0 Å². The van der Waals surface area contributed by atoms with E-state index in [1.54, 1.807) is 7.05 Å². The highest BCUT2D eigenvalue weighted by Crippen LogP contribution is 2.27. The number of hydrogen-bond acceptors (Lipinski definition) is 4. The third-order valence-electron chi connectivity index (χ3n) is 7.98. The van der Waals surface area contributed by atoms with Gasteiger partial charge in [-0.1, -0.05) is 72.8 Å². The fraction of sp³-hybridized carbons (Fsp3) is 0.406. The van der Waals surface area contributed by atoms with E-state index in [2.05, 4.69) is 5.32 Å². The van der Waals surface area contributed by atoms with E-state index in [0.717, 1.165) is 34.7 Å². The number of carbonyl (C=O) groups is 3. The first-order valence-electron chi connectivity index (χ1n) is 13.7. The quantitative estimate of drug-likeness (QED) is 0.394. The molecule has 3 N–H and O–H groups in total. The molecular weight excluding hydrogens is 488 g/mol. The minimum atomic E-state index is -0.795. The Morgan fingerprint density at radius 2 is 1.72 bits per heavy atom. The summed E-state index contributed by atoms with van der Waals surface area (Å²) in [6.45, 7) is 5.23. The summed E-state index contributed by atoms with van der Waals surface area (Å²) in [6.07, 6.45) is 3.13. The van der Waals surface area contributed by atoms with Crippen LogP contribution in [0.2, 0.25) is 0 Å². The molecule has 0 bridgehead atoms. The van der Waals surface area contributed by atoms with Gasteiger partial charge in [-0.3, -0.25) is 14.4 Å². The van der Waals surface area contributed by atoms with Gasteiger partial charge in [0.05, 0.1) is 0 Å². The molecule has 3 atom stereocenters. The maximum Gasteiger partial charge on any atom is 0.245 e. The highest BCUT2D eigenvalue weighted by molar-refractivity contribution is 5.91. The molecule has 1 saturated heterocycles. The number of benzene rings is 3. The fourth-order valence-electron chi connectivity index (χ4n) is 5.52. The Kier molecular flexibility index (Phi) is 9.02. The number of nitrogens with one attached hydrogen (secondary N) is 1. The zero-order valence-electron chi connectivity index (χ0n) is 23.2. The number of nitrogens with two attached hydrogens (primary N) is 1. The van der Waals surface area contributed by atoms with E-state index in [1.807, 2.05) is 91.5 Å². The van der Waals surface area contributed by atoms with Crippen molar-refractivity contribution < 1.29 is 14.4 Å². The molecule has 3 aromatic carbocycles. The Labute approximate surface area is 231 Å². The molecule has 39 heavy (non-hydrogen) atoms. The summed E-state index contributed by atoms with van der Waals surface area (Å²) in [4.78, 5) is 42.8. The summed E-state index contributed by atoms with van der Waals surface area (Å²) in [5.41, 5.74) is 7.93. The zero-order chi connectivity index (χ0) is 28.0. The van der Waals surface area contributed by atoms with Crippen molar-refractivity contribution in [3.05, 3.63) is 83.9 Å². The van der Waals surface area contributed by atoms with E-state index in [-0.39, 0.29) is 17.7 Å². The summed E-state index contributed by atoms with van der Waals surface area (Å²) in [5.74, 6) is -0.192. The Morgan fingerprint density at radius 3 is 2.41 bits per heavy atom. The maximum atomic E-state index is 14.0. The molecule has 7 nitrogen and oxygen atoms in total. The van der Waals surface area contributed by atoms with Gasteiger partial charge in [0.2, 0.25) is 18.2 Å². The van der Waals surface area contributed by atoms with Crippen LogP contribution < -0.4 is 11.1 Å². The van der Waals surface area contributed by atoms with Crippen molar-refractivity contribution in [2.24, 2.45) is 11.7 Å². The van der Waals surface area contributed by atoms with Gasteiger partial charge in [-0.2, -0.15) is 0 Å². The van der Waals surface area contributed by atoms with Crippen molar-refractivity contribution in [3.63, 3.8) is 0 Å². The fourth-order valence-corrected chi connectivity index (χ4v) is 5.52. The lowest BCUT2D eigenvalue weighted by Crippen LogP contribution is -2.58. The number of rotatable bonds is 10. The Morgan fingerprint density at radius 1 is 1.03 bits per heavy atom. The van der Waals surface area contributed by atoms with E-state index in [4.69, 9.17) is 5.73 Å². The molecule has 1 fully saturated rings. The monoisotopic (exact) mass is 528 g/mol. The van der Waals surface area contributed by atoms with Crippen molar-refractivity contribution >= 4 is 29.0 Å². The lowest BCUT2D eigenvalue weighted by atomic mass is 9.82. The van der Waals surface area contributed by atoms with Crippen LogP contribution in [0.3, 0.4) is 0 Å². The molecular formula is C32H40N4O3. The van der Waals surface area contributed by atoms with Gasteiger partial charge < -0.3 is 20.9 Å². The first kappa shape index (κ1) is 28.3. The van der Waals surface area contributed by atoms with Crippen LogP contribution in [0.4, 0.5) is 0 Å². The largest absolute Gasteiger partial charge is 0.347 e. The molecule has 1 aliphatic rings. The SMILES string of the molecule is CN(C(=O)C(Cc1ccc2ccccc2c1)NC=O)C(Cc1ccccc1)C(=O)N1CCCC(C(C)(C)N)C1. The Bertz CT molecular complexity index is 1290. The maximum absolute atomic E-state index is 14.0. The standard InChI is InChI=1S/C32H40N4O3/c1-32(2,33)27-14-9-17-36(21-27)31(39)29(20-23-10-5-4-6-11-23)35(3)30(38)28(34-22-37)19-24-15-16-25-12-7-8-13-26(25)18-24/h4-8,10-13,15-16,18,22,27-29H,9,14,17,19-21,33H2,1-3H3,(H,34,37). The second-order valence-corrected chi connectivity index (χ2v) is 11.3. The van der Waals surface area contributed by atoms with Crippen molar-refractivity contribution in [2.45, 2.75) is 57.2 Å². The van der Waals surface area contributed by atoms with E-state index in [0.29, 0.717) is 32.3 Å². The third kappa shape index (κ3) is 7.03. The van der Waals surface area contributed by atoms with E-state index in [1.165, 1.54) is 4.90 Å². The van der Waals surface area contributed by atoms with Gasteiger partial charge in [0.25, 0.3) is 0 Å². The predicted octanol–water partition coefficient (Wildman–Crippen LogP) is 3.54. The van der Waals surface area contributed by atoms with Crippen LogP contribution in [0, 0.1) is 5.92 Å². The molecule has 4 rings (SSSR count). The van der Waals surface area contributed by atoms with Crippen LogP contribution in [-0.2, 0) is 27.2 Å². The van der Waals surface area contributed by atoms with Crippen LogP contribution in [0.15, 0.2) is 72.8 Å². The van der Waals surface area contributed by atoms with Gasteiger partial charge in [-0.05, 0) is 54.5 Å². The molecule has 0 saturated carbocycles. The summed E-state index contributed by atoms with van der Waals surface area (Å²) in [5, 5.41) is 4.89. The number of hydrogen-bond donors (Lipinski definition) is 2. The Hall–Kier alpha value is -3.71. The Balaban J connectivity index is 1.58. The van der Waals surface area contributed by atoms with Crippen molar-refractivity contribution in [3.8, 4) is 0 Å². The second-order valence-electron chi connectivity index (χ2n) is 11.3. The summed E-state index contributed by atoms with van der Waals surface area (Å²) in [7, 11) is 1.67. The minimum Gasteiger partial charge on any atom is -0.347 e. The predicted molar refractivity (Wildman–Crippen MR) is 155 cm³/mol. The van der Waals surface area contributed by atoms with Crippen molar-refractivity contribution in [1.29, 1.82) is 0 Å². The molecule has 0 aliphatic carbocycles. The van der Waals surface area contributed by atoms with Crippen molar-refractivity contribution in [2.75, 3.05) is 20.1 Å². The van der Waals surface area contributed by atoms with Crippen LogP contribution >= 0.6 is 0 Å². The number of piperidine rings is 1. The molecule has 3 unspecified atom stereocenters. The normalized spacial score (nSPS) is 17.3. The van der Waals surface area contributed by atoms with E-state index >= 15 is 0 Å². The van der Waals surface area contributed by atoms with Crippen LogP contribution in [0.25, 0.3) is 10.8 Å². The van der Waals surface area contributed by atoms with Gasteiger partial charge in [0.1, 0.15) is 12.1 Å². The van der Waals surface area contributed by atoms with Gasteiger partial charge in [0, 0.05) is 38.5 Å². The molecule has 0 spiro atoms. The smallest absolute Gasteiger partial charge is 0.245 e. The molecule has 1 heterocycles. The van der Waals surface area contributed by atoms with Gasteiger partial charge in [-0.25, -0.2) is 0 Å². The molecule has 3 aromatic rings. The van der Waals surface area contributed by atoms with Crippen LogP contribution in [0.5, 0.6) is 0 Å². The van der Waals surface area contributed by atoms with E-state index < -0.39 is 17.6 Å². The second kappa shape index (κ2) is 12.4. The van der Waals surface area contributed by atoms with Crippen molar-refractivity contribution in [1.82, 2.24) is 15.1 Å². The van der Waals surface area contributed by atoms with Gasteiger partial charge in [-0.15, -0.1) is 0 Å². The number of carbonyl (C=O) groups excluding carboxylic acids is 3. The summed E-state index contributed by atoms with van der Waals surface area (Å²) >= 11 is 0. The molecule has 1 aliphatic heterocycles. The topological polar surface area (TPSA) is 95.7 Å². The number of fused-ring (bicyclic) bond motifs is 1. The number of likely N-dealkylation sites (N-methyl/N-ethyl adjacent to an activating group) is 1. The molecule has 7 heteroatoms. The number of amides is 3. The lowest BCUT2D eigenvalue weighted by molar-refractivity contribution is -0.147. The van der Waals surface area contributed by atoms with Crippen LogP contribution in [0.1, 0.15) is 37.8 Å². The minimum absolute atomic E-state index is 0.0841. The zero-order valence-corrected chi connectivity index (χ0v) is 23.2. The molecule has 3 amide bonds. The number of likely N-dealkylation sites (tertiary alicyclic amines) is 1. The molecule has 206 valence electrons. The number of nitrogens with zero attached hydrogens (tertiary/aromatic N) is 2. The molecule has 0 aromatic heterocycles. The highest BCUT2D eigenvalue weighted by atomic mass is 16.2. The average Bonchev–Trinajstić information content (AvgIpc) is 2.94. The third-order valence-corrected chi connectivity index (χ3v) is 7.98. The first-order chi connectivity index (χ1) is 18.7. The van der Waals surface area contributed by atoms with Gasteiger partial charge >= 0.3 is 0 Å². The van der Waals surface area contributed by atoms with Crippen LogP contribution in [-0.4, -0.2) is 65.8 Å². The summed E-state index contributed by atoms with van der Waals surface area (Å²) < 4.78 is 0. The van der Waals surface area contributed by atoms with E-state index in [9.17, 15) is 14.4 Å². The lowest BCUT2D eigenvalue weighted by Gasteiger charge is -2.42. The molecule has 0 radical (unpaired) electrons. The average molecular weight is 529 g/mol. The summed E-state index contributed by atoms with van der Waals surface area (Å²) in [6, 6.07) is 22.3. The first-order valence-corrected chi connectivity index (χ1v) is 13.7.